The van der Waals surface area contributed by atoms with Crippen LogP contribution in [0.4, 0.5) is 5.69 Å². The Hall–Kier alpha value is -3.19. The zero-order valence-corrected chi connectivity index (χ0v) is 19.9. The Morgan fingerprint density at radius 2 is 1.91 bits per heavy atom. The number of carbonyl (C=O) groups is 2. The minimum Gasteiger partial charge on any atom is -0.497 e. The third-order valence-electron chi connectivity index (χ3n) is 5.98. The van der Waals surface area contributed by atoms with Gasteiger partial charge in [0.1, 0.15) is 11.4 Å². The summed E-state index contributed by atoms with van der Waals surface area (Å²) in [5.74, 6) is 0.966. The number of likely N-dealkylation sites (tertiary alicyclic amines) is 1. The number of nitrogens with one attached hydrogen (secondary N) is 1. The SMILES string of the molecule is CCCC(=O)N1CCC(c2nc(C(=O)Nc3cc(OC)ccc3-c3ccccc3)cs2)CC1. The molecule has 6 nitrogen and oxygen atoms in total. The van der Waals surface area contributed by atoms with Gasteiger partial charge < -0.3 is 15.0 Å². The molecule has 2 heterocycles. The van der Waals surface area contributed by atoms with Crippen LogP contribution in [0.25, 0.3) is 11.1 Å². The number of ether oxygens (including phenoxy) is 1. The molecule has 1 aromatic heterocycles. The predicted octanol–water partition coefficient (Wildman–Crippen LogP) is 5.58. The summed E-state index contributed by atoms with van der Waals surface area (Å²) in [7, 11) is 1.61. The van der Waals surface area contributed by atoms with Gasteiger partial charge in [0.15, 0.2) is 0 Å². The predicted molar refractivity (Wildman–Crippen MR) is 132 cm³/mol. The van der Waals surface area contributed by atoms with E-state index < -0.39 is 0 Å². The number of amides is 2. The zero-order valence-electron chi connectivity index (χ0n) is 19.0. The Labute approximate surface area is 198 Å². The van der Waals surface area contributed by atoms with Gasteiger partial charge in [-0.1, -0.05) is 37.3 Å². The molecule has 2 aromatic carbocycles. The molecule has 2 amide bonds. The smallest absolute Gasteiger partial charge is 0.275 e. The van der Waals surface area contributed by atoms with Crippen molar-refractivity contribution in [2.24, 2.45) is 0 Å². The molecule has 0 atom stereocenters. The molecule has 33 heavy (non-hydrogen) atoms. The first kappa shape index (κ1) is 23.0. The summed E-state index contributed by atoms with van der Waals surface area (Å²) in [5.41, 5.74) is 3.03. The average molecular weight is 464 g/mol. The van der Waals surface area contributed by atoms with Gasteiger partial charge in [-0.3, -0.25) is 9.59 Å². The highest BCUT2D eigenvalue weighted by Crippen LogP contribution is 2.33. The number of aromatic nitrogens is 1. The van der Waals surface area contributed by atoms with Crippen molar-refractivity contribution in [1.29, 1.82) is 0 Å². The number of benzene rings is 2. The van der Waals surface area contributed by atoms with Gasteiger partial charge in [0, 0.05) is 42.4 Å². The van der Waals surface area contributed by atoms with Crippen LogP contribution in [0.15, 0.2) is 53.9 Å². The molecular formula is C26H29N3O3S. The lowest BCUT2D eigenvalue weighted by Gasteiger charge is -2.31. The van der Waals surface area contributed by atoms with E-state index in [2.05, 4.69) is 10.3 Å². The minimum absolute atomic E-state index is 0.238. The maximum absolute atomic E-state index is 13.0. The first-order chi connectivity index (χ1) is 16.1. The highest BCUT2D eigenvalue weighted by Gasteiger charge is 2.26. The second-order valence-electron chi connectivity index (χ2n) is 8.21. The fourth-order valence-corrected chi connectivity index (χ4v) is 5.11. The lowest BCUT2D eigenvalue weighted by molar-refractivity contribution is -0.132. The number of carbonyl (C=O) groups excluding carboxylic acids is 2. The van der Waals surface area contributed by atoms with E-state index in [1.54, 1.807) is 7.11 Å². The first-order valence-corrected chi connectivity index (χ1v) is 12.2. The molecule has 7 heteroatoms. The molecule has 1 aliphatic rings. The van der Waals surface area contributed by atoms with Crippen molar-refractivity contribution in [3.8, 4) is 16.9 Å². The number of piperidine rings is 1. The fraction of sp³-hybridized carbons (Fsp3) is 0.346. The normalized spacial score (nSPS) is 14.2. The number of anilines is 1. The lowest BCUT2D eigenvalue weighted by atomic mass is 9.97. The third kappa shape index (κ3) is 5.42. The molecular weight excluding hydrogens is 434 g/mol. The van der Waals surface area contributed by atoms with Crippen LogP contribution in [0.5, 0.6) is 5.75 Å². The van der Waals surface area contributed by atoms with Crippen molar-refractivity contribution in [3.05, 3.63) is 64.6 Å². The van der Waals surface area contributed by atoms with Crippen molar-refractivity contribution < 1.29 is 14.3 Å². The van der Waals surface area contributed by atoms with E-state index in [0.29, 0.717) is 29.5 Å². The van der Waals surface area contributed by atoms with Crippen molar-refractivity contribution in [3.63, 3.8) is 0 Å². The quantitative estimate of drug-likeness (QED) is 0.497. The summed E-state index contributed by atoms with van der Waals surface area (Å²) in [6, 6.07) is 15.6. The van der Waals surface area contributed by atoms with Crippen LogP contribution in [-0.2, 0) is 4.79 Å². The van der Waals surface area contributed by atoms with Crippen LogP contribution in [0, 0.1) is 0 Å². The molecule has 0 saturated carbocycles. The van der Waals surface area contributed by atoms with Crippen molar-refractivity contribution in [2.45, 2.75) is 38.5 Å². The maximum Gasteiger partial charge on any atom is 0.275 e. The highest BCUT2D eigenvalue weighted by atomic mass is 32.1. The van der Waals surface area contributed by atoms with Crippen LogP contribution < -0.4 is 10.1 Å². The Morgan fingerprint density at radius 3 is 2.61 bits per heavy atom. The number of methoxy groups -OCH3 is 1. The summed E-state index contributed by atoms with van der Waals surface area (Å²) in [5, 5.41) is 5.81. The molecule has 0 unspecified atom stereocenters. The number of rotatable bonds is 7. The van der Waals surface area contributed by atoms with E-state index in [4.69, 9.17) is 4.74 Å². The largest absolute Gasteiger partial charge is 0.497 e. The summed E-state index contributed by atoms with van der Waals surface area (Å²) >= 11 is 1.52. The molecule has 0 bridgehead atoms. The standard InChI is InChI=1S/C26H29N3O3S/c1-3-7-24(30)29-14-12-19(13-15-29)26-28-23(17-33-26)25(31)27-22-16-20(32-2)10-11-21(22)18-8-5-4-6-9-18/h4-6,8-11,16-17,19H,3,7,12-15H2,1-2H3,(H,27,31). The Kier molecular flexibility index (Phi) is 7.40. The number of hydrogen-bond acceptors (Lipinski definition) is 5. The molecule has 0 aliphatic carbocycles. The van der Waals surface area contributed by atoms with E-state index in [9.17, 15) is 9.59 Å². The van der Waals surface area contributed by atoms with Gasteiger partial charge in [0.25, 0.3) is 5.91 Å². The summed E-state index contributed by atoms with van der Waals surface area (Å²) in [6.07, 6.45) is 3.26. The van der Waals surface area contributed by atoms with Gasteiger partial charge in [0.2, 0.25) is 5.91 Å². The number of nitrogens with zero attached hydrogens (tertiary/aromatic N) is 2. The second kappa shape index (κ2) is 10.6. The molecule has 1 saturated heterocycles. The zero-order chi connectivity index (χ0) is 23.2. The lowest BCUT2D eigenvalue weighted by Crippen LogP contribution is -2.37. The summed E-state index contributed by atoms with van der Waals surface area (Å²) in [4.78, 5) is 31.8. The van der Waals surface area contributed by atoms with Crippen LogP contribution >= 0.6 is 11.3 Å². The van der Waals surface area contributed by atoms with Crippen LogP contribution in [-0.4, -0.2) is 41.9 Å². The highest BCUT2D eigenvalue weighted by molar-refractivity contribution is 7.10. The van der Waals surface area contributed by atoms with Crippen molar-refractivity contribution in [1.82, 2.24) is 9.88 Å². The number of thiazole rings is 1. The molecule has 1 fully saturated rings. The number of hydrogen-bond donors (Lipinski definition) is 1. The monoisotopic (exact) mass is 463 g/mol. The van der Waals surface area contributed by atoms with E-state index in [-0.39, 0.29) is 11.8 Å². The summed E-state index contributed by atoms with van der Waals surface area (Å²) < 4.78 is 5.36. The second-order valence-corrected chi connectivity index (χ2v) is 9.10. The van der Waals surface area contributed by atoms with Crippen molar-refractivity contribution in [2.75, 3.05) is 25.5 Å². The summed E-state index contributed by atoms with van der Waals surface area (Å²) in [6.45, 7) is 3.55. The molecule has 0 spiro atoms. The van der Waals surface area contributed by atoms with E-state index in [1.807, 2.05) is 65.7 Å². The van der Waals surface area contributed by atoms with Gasteiger partial charge >= 0.3 is 0 Å². The minimum atomic E-state index is -0.238. The van der Waals surface area contributed by atoms with Gasteiger partial charge in [-0.25, -0.2) is 4.98 Å². The third-order valence-corrected chi connectivity index (χ3v) is 6.98. The molecule has 172 valence electrons. The Bertz CT molecular complexity index is 1100. The van der Waals surface area contributed by atoms with Crippen LogP contribution in [0.2, 0.25) is 0 Å². The van der Waals surface area contributed by atoms with E-state index in [1.165, 1.54) is 11.3 Å². The molecule has 1 aliphatic heterocycles. The van der Waals surface area contributed by atoms with Crippen molar-refractivity contribution >= 4 is 28.8 Å². The van der Waals surface area contributed by atoms with E-state index >= 15 is 0 Å². The average Bonchev–Trinajstić information content (AvgIpc) is 3.35. The molecule has 3 aromatic rings. The fourth-order valence-electron chi connectivity index (χ4n) is 4.14. The van der Waals surface area contributed by atoms with E-state index in [0.717, 1.165) is 48.5 Å². The van der Waals surface area contributed by atoms with Gasteiger partial charge in [-0.2, -0.15) is 0 Å². The van der Waals surface area contributed by atoms with Gasteiger partial charge in [-0.15, -0.1) is 11.3 Å². The van der Waals surface area contributed by atoms with Crippen LogP contribution in [0.3, 0.4) is 0 Å². The van der Waals surface area contributed by atoms with Crippen LogP contribution in [0.1, 0.15) is 54.0 Å². The Balaban J connectivity index is 1.46. The molecule has 1 N–H and O–H groups in total. The molecule has 4 rings (SSSR count). The van der Waals surface area contributed by atoms with Gasteiger partial charge in [0.05, 0.1) is 17.8 Å². The van der Waals surface area contributed by atoms with Gasteiger partial charge in [-0.05, 0) is 37.0 Å². The topological polar surface area (TPSA) is 71.5 Å². The Morgan fingerprint density at radius 1 is 1.15 bits per heavy atom. The molecule has 0 radical (unpaired) electrons. The maximum atomic E-state index is 13.0. The first-order valence-electron chi connectivity index (χ1n) is 11.4.